The Kier molecular flexibility index (Phi) is 4.22. The van der Waals surface area contributed by atoms with Gasteiger partial charge in [-0.1, -0.05) is 16.8 Å². The molecule has 2 heterocycles. The Morgan fingerprint density at radius 2 is 2.10 bits per heavy atom. The minimum absolute atomic E-state index is 0.0553. The summed E-state index contributed by atoms with van der Waals surface area (Å²) in [6.07, 6.45) is 1.16. The zero-order chi connectivity index (χ0) is 15.8. The van der Waals surface area contributed by atoms with E-state index in [-0.39, 0.29) is 15.7 Å². The van der Waals surface area contributed by atoms with Gasteiger partial charge in [-0.3, -0.25) is 0 Å². The monoisotopic (exact) mass is 330 g/mol. The first kappa shape index (κ1) is 15.7. The van der Waals surface area contributed by atoms with Crippen LogP contribution in [-0.4, -0.2) is 18.6 Å². The lowest BCUT2D eigenvalue weighted by Crippen LogP contribution is -2.27. The molecule has 2 aromatic heterocycles. The van der Waals surface area contributed by atoms with Crippen LogP contribution in [0, 0.1) is 13.8 Å². The van der Waals surface area contributed by atoms with Gasteiger partial charge in [0.05, 0.1) is 10.7 Å². The van der Waals surface area contributed by atoms with Gasteiger partial charge in [0, 0.05) is 17.8 Å². The van der Waals surface area contributed by atoms with Gasteiger partial charge in [0.15, 0.2) is 0 Å². The zero-order valence-corrected chi connectivity index (χ0v) is 13.3. The summed E-state index contributed by atoms with van der Waals surface area (Å²) in [5.74, 6) is 0.644. The summed E-state index contributed by atoms with van der Waals surface area (Å²) in [6, 6.07) is 0.754. The molecule has 21 heavy (non-hydrogen) atoms. The van der Waals surface area contributed by atoms with Gasteiger partial charge in [-0.25, -0.2) is 18.1 Å². The van der Waals surface area contributed by atoms with E-state index in [2.05, 4.69) is 14.9 Å². The van der Waals surface area contributed by atoms with Crippen LogP contribution in [-0.2, 0) is 10.0 Å². The van der Waals surface area contributed by atoms with Crippen LogP contribution in [0.2, 0.25) is 5.02 Å². The number of aryl methyl sites for hydroxylation is 2. The number of aromatic nitrogens is 2. The molecular formula is C12H15ClN4O3S. The predicted octanol–water partition coefficient (Wildman–Crippen LogP) is 1.96. The third-order valence-corrected chi connectivity index (χ3v) is 4.82. The van der Waals surface area contributed by atoms with Crippen molar-refractivity contribution in [1.29, 1.82) is 0 Å². The van der Waals surface area contributed by atoms with E-state index in [0.717, 1.165) is 6.20 Å². The van der Waals surface area contributed by atoms with Crippen LogP contribution in [0.4, 0.5) is 5.82 Å². The van der Waals surface area contributed by atoms with Crippen molar-refractivity contribution < 1.29 is 12.9 Å². The number of sulfonamides is 1. The lowest BCUT2D eigenvalue weighted by molar-refractivity contribution is 0.391. The number of anilines is 1. The highest BCUT2D eigenvalue weighted by Gasteiger charge is 2.23. The summed E-state index contributed by atoms with van der Waals surface area (Å²) in [4.78, 5) is 3.69. The van der Waals surface area contributed by atoms with Crippen LogP contribution >= 0.6 is 11.6 Å². The number of nitrogens with two attached hydrogens (primary N) is 1. The average molecular weight is 331 g/mol. The lowest BCUT2D eigenvalue weighted by Gasteiger charge is -2.14. The Hall–Kier alpha value is -1.64. The third-order valence-electron chi connectivity index (χ3n) is 3.01. The number of hydrogen-bond acceptors (Lipinski definition) is 6. The van der Waals surface area contributed by atoms with Crippen molar-refractivity contribution in [2.45, 2.75) is 31.7 Å². The van der Waals surface area contributed by atoms with Crippen molar-refractivity contribution in [3.8, 4) is 0 Å². The van der Waals surface area contributed by atoms with Gasteiger partial charge in [0.25, 0.3) is 0 Å². The van der Waals surface area contributed by atoms with Crippen molar-refractivity contribution in [2.24, 2.45) is 0 Å². The summed E-state index contributed by atoms with van der Waals surface area (Å²) in [7, 11) is -3.78. The van der Waals surface area contributed by atoms with Crippen molar-refractivity contribution in [2.75, 3.05) is 5.73 Å². The fourth-order valence-electron chi connectivity index (χ4n) is 2.05. The van der Waals surface area contributed by atoms with E-state index in [9.17, 15) is 8.42 Å². The van der Waals surface area contributed by atoms with Gasteiger partial charge in [0.1, 0.15) is 16.5 Å². The van der Waals surface area contributed by atoms with Gasteiger partial charge >= 0.3 is 0 Å². The van der Waals surface area contributed by atoms with E-state index in [1.165, 1.54) is 6.07 Å². The van der Waals surface area contributed by atoms with Gasteiger partial charge in [0.2, 0.25) is 10.0 Å². The van der Waals surface area contributed by atoms with Gasteiger partial charge < -0.3 is 10.3 Å². The highest BCUT2D eigenvalue weighted by Crippen LogP contribution is 2.24. The second-order valence-corrected chi connectivity index (χ2v) is 6.74. The molecule has 2 aromatic rings. The van der Waals surface area contributed by atoms with E-state index in [1.54, 1.807) is 20.8 Å². The van der Waals surface area contributed by atoms with Crippen LogP contribution in [0.15, 0.2) is 21.7 Å². The first-order valence-electron chi connectivity index (χ1n) is 6.08. The normalized spacial score (nSPS) is 13.3. The first-order valence-corrected chi connectivity index (χ1v) is 7.94. The fourth-order valence-corrected chi connectivity index (χ4v) is 3.46. The lowest BCUT2D eigenvalue weighted by atomic mass is 10.1. The molecule has 0 radical (unpaired) electrons. The van der Waals surface area contributed by atoms with Gasteiger partial charge in [-0.2, -0.15) is 0 Å². The molecule has 1 unspecified atom stereocenters. The standard InChI is InChI=1S/C12H15ClN4O3S/c1-6-11(8(3)20-16-6)7(2)17-21(18,19)9-4-10(13)12(14)15-5-9/h4-5,7,17H,1-3H3,(H2,14,15). The molecule has 0 saturated heterocycles. The van der Waals surface area contributed by atoms with Crippen molar-refractivity contribution in [3.05, 3.63) is 34.3 Å². The van der Waals surface area contributed by atoms with E-state index in [1.807, 2.05) is 0 Å². The minimum atomic E-state index is -3.78. The molecule has 2 rings (SSSR count). The molecule has 0 saturated carbocycles. The highest BCUT2D eigenvalue weighted by molar-refractivity contribution is 7.89. The fraction of sp³-hybridized carbons (Fsp3) is 0.333. The minimum Gasteiger partial charge on any atom is -0.382 e. The smallest absolute Gasteiger partial charge is 0.242 e. The summed E-state index contributed by atoms with van der Waals surface area (Å²) in [6.45, 7) is 5.18. The van der Waals surface area contributed by atoms with Crippen molar-refractivity contribution in [3.63, 3.8) is 0 Å². The number of pyridine rings is 1. The van der Waals surface area contributed by atoms with Crippen molar-refractivity contribution >= 4 is 27.4 Å². The maximum atomic E-state index is 12.3. The molecule has 0 aliphatic heterocycles. The molecule has 0 fully saturated rings. The van der Waals surface area contributed by atoms with Crippen LogP contribution in [0.25, 0.3) is 0 Å². The Bertz CT molecular complexity index is 753. The second kappa shape index (κ2) is 5.63. The molecule has 0 aromatic carbocycles. The summed E-state index contributed by atoms with van der Waals surface area (Å²) in [5.41, 5.74) is 6.81. The van der Waals surface area contributed by atoms with Gasteiger partial charge in [-0.15, -0.1) is 0 Å². The average Bonchev–Trinajstić information content (AvgIpc) is 2.71. The first-order chi connectivity index (χ1) is 9.72. The molecule has 0 aliphatic carbocycles. The molecule has 7 nitrogen and oxygen atoms in total. The van der Waals surface area contributed by atoms with Crippen LogP contribution < -0.4 is 10.5 Å². The summed E-state index contributed by atoms with van der Waals surface area (Å²) >= 11 is 5.80. The summed E-state index contributed by atoms with van der Waals surface area (Å²) in [5, 5.41) is 3.89. The van der Waals surface area contributed by atoms with Crippen molar-refractivity contribution in [1.82, 2.24) is 14.9 Å². The molecule has 0 spiro atoms. The Labute approximate surface area is 127 Å². The number of rotatable bonds is 4. The number of nitrogen functional groups attached to an aromatic ring is 1. The highest BCUT2D eigenvalue weighted by atomic mass is 35.5. The molecule has 0 amide bonds. The Morgan fingerprint density at radius 3 is 2.62 bits per heavy atom. The Morgan fingerprint density at radius 1 is 1.43 bits per heavy atom. The van der Waals surface area contributed by atoms with Crippen LogP contribution in [0.5, 0.6) is 0 Å². The zero-order valence-electron chi connectivity index (χ0n) is 11.7. The molecule has 3 N–H and O–H groups in total. The molecule has 1 atom stereocenters. The van der Waals surface area contributed by atoms with E-state index >= 15 is 0 Å². The van der Waals surface area contributed by atoms with Gasteiger partial charge in [-0.05, 0) is 26.8 Å². The largest absolute Gasteiger partial charge is 0.382 e. The molecular weight excluding hydrogens is 316 g/mol. The molecule has 114 valence electrons. The van der Waals surface area contributed by atoms with Crippen LogP contribution in [0.1, 0.15) is 30.0 Å². The number of nitrogens with zero attached hydrogens (tertiary/aromatic N) is 2. The van der Waals surface area contributed by atoms with Crippen LogP contribution in [0.3, 0.4) is 0 Å². The third kappa shape index (κ3) is 3.17. The topological polar surface area (TPSA) is 111 Å². The SMILES string of the molecule is Cc1noc(C)c1C(C)NS(=O)(=O)c1cnc(N)c(Cl)c1. The predicted molar refractivity (Wildman–Crippen MR) is 78.4 cm³/mol. The Balaban J connectivity index is 2.31. The maximum absolute atomic E-state index is 12.3. The van der Waals surface area contributed by atoms with E-state index < -0.39 is 16.1 Å². The summed E-state index contributed by atoms with van der Waals surface area (Å²) < 4.78 is 32.2. The van der Waals surface area contributed by atoms with E-state index in [0.29, 0.717) is 17.0 Å². The molecule has 0 bridgehead atoms. The number of hydrogen-bond donors (Lipinski definition) is 2. The molecule has 0 aliphatic rings. The second-order valence-electron chi connectivity index (χ2n) is 4.62. The number of nitrogens with one attached hydrogen (secondary N) is 1. The molecule has 9 heteroatoms. The maximum Gasteiger partial charge on any atom is 0.242 e. The number of halogens is 1. The van der Waals surface area contributed by atoms with E-state index in [4.69, 9.17) is 21.9 Å². The quantitative estimate of drug-likeness (QED) is 0.886.